The van der Waals surface area contributed by atoms with E-state index in [1.165, 1.54) is 0 Å². The third-order valence-corrected chi connectivity index (χ3v) is 2.50. The van der Waals surface area contributed by atoms with E-state index < -0.39 is 0 Å². The van der Waals surface area contributed by atoms with Gasteiger partial charge in [-0.3, -0.25) is 0 Å². The largest absolute Gasteiger partial charge is 0.399 e. The van der Waals surface area contributed by atoms with Crippen LogP contribution in [0, 0.1) is 0 Å². The number of nitrogens with zero attached hydrogens (tertiary/aromatic N) is 2. The predicted octanol–water partition coefficient (Wildman–Crippen LogP) is 1.29. The van der Waals surface area contributed by atoms with Crippen LogP contribution in [0.15, 0.2) is 64.8 Å². The fraction of sp³-hybridized carbons (Fsp3) is 0. The van der Waals surface area contributed by atoms with Gasteiger partial charge in [-0.2, -0.15) is 0 Å². The lowest BCUT2D eigenvalue weighted by Crippen LogP contribution is -2.22. The molecule has 5 heteroatoms. The number of anilines is 1. The van der Waals surface area contributed by atoms with Gasteiger partial charge in [0.05, 0.1) is 0 Å². The summed E-state index contributed by atoms with van der Waals surface area (Å²) >= 11 is 0. The summed E-state index contributed by atoms with van der Waals surface area (Å²) in [5.74, 6) is -0.0797. The van der Waals surface area contributed by atoms with E-state index in [4.69, 9.17) is 17.2 Å². The van der Waals surface area contributed by atoms with Gasteiger partial charge < -0.3 is 17.2 Å². The van der Waals surface area contributed by atoms with E-state index in [1.807, 2.05) is 54.6 Å². The van der Waals surface area contributed by atoms with Gasteiger partial charge in [0.15, 0.2) is 0 Å². The zero-order chi connectivity index (χ0) is 13.7. The molecule has 0 aliphatic carbocycles. The number of nitrogens with two attached hydrogens (primary N) is 3. The first-order valence-electron chi connectivity index (χ1n) is 5.75. The van der Waals surface area contributed by atoms with Crippen LogP contribution in [0.2, 0.25) is 0 Å². The summed E-state index contributed by atoms with van der Waals surface area (Å²) in [6, 6.07) is 17.0. The minimum absolute atomic E-state index is 0.0797. The summed E-state index contributed by atoms with van der Waals surface area (Å²) in [5, 5.41) is 7.84. The zero-order valence-electron chi connectivity index (χ0n) is 10.3. The van der Waals surface area contributed by atoms with E-state index in [9.17, 15) is 0 Å². The molecular formula is C14H15N5. The van der Waals surface area contributed by atoms with Crippen LogP contribution in [0.3, 0.4) is 0 Å². The zero-order valence-corrected chi connectivity index (χ0v) is 10.3. The molecular weight excluding hydrogens is 238 g/mol. The molecule has 2 aromatic carbocycles. The maximum Gasteiger partial charge on any atom is 0.211 e. The molecule has 6 N–H and O–H groups in total. The van der Waals surface area contributed by atoms with Crippen molar-refractivity contribution >= 4 is 17.4 Å². The molecule has 0 radical (unpaired) electrons. The molecule has 5 nitrogen and oxygen atoms in total. The Hall–Kier alpha value is -2.82. The third-order valence-electron chi connectivity index (χ3n) is 2.50. The number of rotatable bonds is 3. The summed E-state index contributed by atoms with van der Waals surface area (Å²) in [4.78, 5) is 0. The predicted molar refractivity (Wildman–Crippen MR) is 78.7 cm³/mol. The highest BCUT2D eigenvalue weighted by Gasteiger charge is 2.06. The average Bonchev–Trinajstić information content (AvgIpc) is 2.42. The van der Waals surface area contributed by atoms with Crippen molar-refractivity contribution in [3.8, 4) is 0 Å². The first-order chi connectivity index (χ1) is 9.16. The quantitative estimate of drug-likeness (QED) is 0.332. The monoisotopic (exact) mass is 253 g/mol. The van der Waals surface area contributed by atoms with E-state index in [2.05, 4.69) is 10.2 Å². The standard InChI is InChI=1S/C14H15N5/c15-12-8-6-11(7-9-12)13(18-19-14(16)17)10-4-2-1-3-5-10/h1-9H,15H2,(H4,16,17,19)/b18-13+. The van der Waals surface area contributed by atoms with Gasteiger partial charge in [-0.05, 0) is 12.1 Å². The smallest absolute Gasteiger partial charge is 0.211 e. The third kappa shape index (κ3) is 3.32. The van der Waals surface area contributed by atoms with Crippen LogP contribution in [0.4, 0.5) is 5.69 Å². The van der Waals surface area contributed by atoms with Crippen molar-refractivity contribution in [2.24, 2.45) is 21.7 Å². The van der Waals surface area contributed by atoms with Crippen LogP contribution in [-0.4, -0.2) is 11.7 Å². The number of benzene rings is 2. The van der Waals surface area contributed by atoms with Gasteiger partial charge in [-0.1, -0.05) is 42.5 Å². The van der Waals surface area contributed by atoms with Gasteiger partial charge in [0.1, 0.15) is 5.71 Å². The normalized spacial score (nSPS) is 11.1. The van der Waals surface area contributed by atoms with Crippen LogP contribution in [0.1, 0.15) is 11.1 Å². The molecule has 0 unspecified atom stereocenters. The average molecular weight is 253 g/mol. The maximum absolute atomic E-state index is 5.68. The Bertz CT molecular complexity index is 595. The molecule has 0 aliphatic heterocycles. The molecule has 0 fully saturated rings. The molecule has 0 spiro atoms. The highest BCUT2D eigenvalue weighted by Crippen LogP contribution is 2.13. The van der Waals surface area contributed by atoms with E-state index in [0.29, 0.717) is 11.4 Å². The Balaban J connectivity index is 2.49. The second-order valence-corrected chi connectivity index (χ2v) is 3.96. The van der Waals surface area contributed by atoms with Crippen LogP contribution < -0.4 is 17.2 Å². The van der Waals surface area contributed by atoms with Crippen molar-refractivity contribution in [1.82, 2.24) is 0 Å². The Morgan fingerprint density at radius 2 is 1.32 bits per heavy atom. The number of guanidine groups is 1. The van der Waals surface area contributed by atoms with E-state index in [0.717, 1.165) is 11.1 Å². The van der Waals surface area contributed by atoms with Gasteiger partial charge in [0, 0.05) is 16.8 Å². The van der Waals surface area contributed by atoms with Crippen LogP contribution in [0.25, 0.3) is 0 Å². The van der Waals surface area contributed by atoms with Gasteiger partial charge in [0.2, 0.25) is 5.96 Å². The van der Waals surface area contributed by atoms with E-state index in [1.54, 1.807) is 0 Å². The van der Waals surface area contributed by atoms with E-state index >= 15 is 0 Å². The fourth-order valence-corrected chi connectivity index (χ4v) is 1.63. The molecule has 0 amide bonds. The van der Waals surface area contributed by atoms with Crippen molar-refractivity contribution in [1.29, 1.82) is 0 Å². The van der Waals surface area contributed by atoms with E-state index in [-0.39, 0.29) is 5.96 Å². The lowest BCUT2D eigenvalue weighted by molar-refractivity contribution is 1.20. The second kappa shape index (κ2) is 5.68. The van der Waals surface area contributed by atoms with Gasteiger partial charge in [-0.25, -0.2) is 0 Å². The molecule has 96 valence electrons. The van der Waals surface area contributed by atoms with Gasteiger partial charge in [0.25, 0.3) is 0 Å². The minimum atomic E-state index is -0.0797. The van der Waals surface area contributed by atoms with Crippen molar-refractivity contribution in [2.45, 2.75) is 0 Å². The second-order valence-electron chi connectivity index (χ2n) is 3.96. The highest BCUT2D eigenvalue weighted by atomic mass is 15.3. The van der Waals surface area contributed by atoms with Gasteiger partial charge >= 0.3 is 0 Å². The lowest BCUT2D eigenvalue weighted by atomic mass is 10.0. The van der Waals surface area contributed by atoms with Crippen LogP contribution in [0.5, 0.6) is 0 Å². The Morgan fingerprint density at radius 3 is 1.89 bits per heavy atom. The maximum atomic E-state index is 5.68. The van der Waals surface area contributed by atoms with Crippen LogP contribution in [-0.2, 0) is 0 Å². The fourth-order valence-electron chi connectivity index (χ4n) is 1.63. The molecule has 19 heavy (non-hydrogen) atoms. The number of nitrogen functional groups attached to an aromatic ring is 1. The summed E-state index contributed by atoms with van der Waals surface area (Å²) in [6.07, 6.45) is 0. The minimum Gasteiger partial charge on any atom is -0.399 e. The highest BCUT2D eigenvalue weighted by molar-refractivity contribution is 6.13. The molecule has 0 heterocycles. The van der Waals surface area contributed by atoms with Crippen LogP contribution >= 0.6 is 0 Å². The molecule has 0 aromatic heterocycles. The topological polar surface area (TPSA) is 103 Å². The molecule has 0 aliphatic rings. The molecule has 0 bridgehead atoms. The van der Waals surface area contributed by atoms with Gasteiger partial charge in [-0.15, -0.1) is 10.2 Å². The Labute approximate surface area is 111 Å². The Kier molecular flexibility index (Phi) is 3.78. The lowest BCUT2D eigenvalue weighted by Gasteiger charge is -2.06. The molecule has 2 rings (SSSR count). The number of hydrogen-bond donors (Lipinski definition) is 3. The van der Waals surface area contributed by atoms with Crippen molar-refractivity contribution in [3.63, 3.8) is 0 Å². The Morgan fingerprint density at radius 1 is 0.737 bits per heavy atom. The van der Waals surface area contributed by atoms with Crippen molar-refractivity contribution in [2.75, 3.05) is 5.73 Å². The summed E-state index contributed by atoms with van der Waals surface area (Å²) in [6.45, 7) is 0. The summed E-state index contributed by atoms with van der Waals surface area (Å²) in [7, 11) is 0. The number of hydrogen-bond acceptors (Lipinski definition) is 3. The first-order valence-corrected chi connectivity index (χ1v) is 5.75. The molecule has 0 saturated carbocycles. The molecule has 2 aromatic rings. The molecule has 0 saturated heterocycles. The first kappa shape index (κ1) is 12.6. The SMILES string of the molecule is NC(N)=N/N=C(\c1ccccc1)c1ccc(N)cc1. The molecule has 0 atom stereocenters. The van der Waals surface area contributed by atoms with Crippen molar-refractivity contribution in [3.05, 3.63) is 65.7 Å². The summed E-state index contributed by atoms with van der Waals surface area (Å²) in [5.41, 5.74) is 19.5. The van der Waals surface area contributed by atoms with Crippen molar-refractivity contribution < 1.29 is 0 Å². The summed E-state index contributed by atoms with van der Waals surface area (Å²) < 4.78 is 0.